The van der Waals surface area contributed by atoms with Crippen molar-refractivity contribution in [3.8, 4) is 6.07 Å². The second-order valence-corrected chi connectivity index (χ2v) is 6.35. The van der Waals surface area contributed by atoms with Gasteiger partial charge < -0.3 is 0 Å². The van der Waals surface area contributed by atoms with Crippen LogP contribution in [0.5, 0.6) is 0 Å². The molecule has 0 bridgehead atoms. The van der Waals surface area contributed by atoms with Gasteiger partial charge >= 0.3 is 0 Å². The molecule has 18 heavy (non-hydrogen) atoms. The summed E-state index contributed by atoms with van der Waals surface area (Å²) in [6, 6.07) is 3.69. The predicted molar refractivity (Wildman–Crippen MR) is 76.3 cm³/mol. The first-order valence-corrected chi connectivity index (χ1v) is 7.34. The van der Waals surface area contributed by atoms with E-state index in [9.17, 15) is 5.26 Å². The van der Waals surface area contributed by atoms with E-state index >= 15 is 0 Å². The Morgan fingerprint density at radius 3 is 2.39 bits per heavy atom. The third kappa shape index (κ3) is 4.59. The monoisotopic (exact) mass is 251 g/mol. The smallest absolute Gasteiger partial charge is 0.105 e. The maximum Gasteiger partial charge on any atom is 0.105 e. The van der Waals surface area contributed by atoms with Crippen LogP contribution in [-0.2, 0) is 0 Å². The summed E-state index contributed by atoms with van der Waals surface area (Å²) in [5.74, 6) is 0.695. The van der Waals surface area contributed by atoms with Gasteiger partial charge in [-0.25, -0.2) is 0 Å². The minimum Gasteiger partial charge on any atom is -0.300 e. The summed E-state index contributed by atoms with van der Waals surface area (Å²) >= 11 is 0. The fourth-order valence-electron chi connectivity index (χ4n) is 2.77. The van der Waals surface area contributed by atoms with Gasteiger partial charge in [-0.05, 0) is 45.6 Å². The molecule has 0 heterocycles. The number of hydrogen-bond acceptors (Lipinski definition) is 3. The van der Waals surface area contributed by atoms with Gasteiger partial charge in [-0.1, -0.05) is 20.8 Å². The normalized spacial score (nSPS) is 20.8. The Balaban J connectivity index is 2.60. The maximum atomic E-state index is 9.35. The summed E-state index contributed by atoms with van der Waals surface area (Å²) in [6.07, 6.45) is 3.57. The molecule has 1 aliphatic rings. The Kier molecular flexibility index (Phi) is 5.62. The summed E-state index contributed by atoms with van der Waals surface area (Å²) < 4.78 is 0. The van der Waals surface area contributed by atoms with Crippen LogP contribution >= 0.6 is 0 Å². The van der Waals surface area contributed by atoms with Crippen LogP contribution in [0.15, 0.2) is 0 Å². The van der Waals surface area contributed by atoms with E-state index < -0.39 is 5.54 Å². The molecular formula is C15H29N3. The van der Waals surface area contributed by atoms with E-state index in [2.05, 4.69) is 44.0 Å². The lowest BCUT2D eigenvalue weighted by atomic mass is 9.94. The van der Waals surface area contributed by atoms with Crippen LogP contribution in [0, 0.1) is 17.2 Å². The number of nitriles is 1. The van der Waals surface area contributed by atoms with Gasteiger partial charge in [-0.3, -0.25) is 10.2 Å². The molecule has 0 aromatic carbocycles. The molecule has 3 nitrogen and oxygen atoms in total. The van der Waals surface area contributed by atoms with E-state index in [1.165, 1.54) is 12.8 Å². The molecule has 1 saturated carbocycles. The highest BCUT2D eigenvalue weighted by molar-refractivity contribution is 5.06. The largest absolute Gasteiger partial charge is 0.300 e. The van der Waals surface area contributed by atoms with Gasteiger partial charge in [0.25, 0.3) is 0 Å². The van der Waals surface area contributed by atoms with Crippen molar-refractivity contribution in [2.45, 2.75) is 71.5 Å². The summed E-state index contributed by atoms with van der Waals surface area (Å²) in [5, 5.41) is 12.7. The highest BCUT2D eigenvalue weighted by Crippen LogP contribution is 2.31. The Labute approximate surface area is 113 Å². The lowest BCUT2D eigenvalue weighted by molar-refractivity contribution is 0.150. The fraction of sp³-hybridized carbons (Fsp3) is 0.933. The summed E-state index contributed by atoms with van der Waals surface area (Å²) in [4.78, 5) is 2.61. The van der Waals surface area contributed by atoms with Crippen LogP contribution in [0.25, 0.3) is 0 Å². The molecule has 1 rings (SSSR count). The molecule has 104 valence electrons. The number of hydrogen-bond donors (Lipinski definition) is 1. The first-order valence-electron chi connectivity index (χ1n) is 7.34. The topological polar surface area (TPSA) is 39.1 Å². The quantitative estimate of drug-likeness (QED) is 0.721. The second kappa shape index (κ2) is 6.54. The average molecular weight is 251 g/mol. The Morgan fingerprint density at radius 1 is 1.39 bits per heavy atom. The van der Waals surface area contributed by atoms with Crippen LogP contribution in [0.4, 0.5) is 0 Å². The van der Waals surface area contributed by atoms with Crippen LogP contribution in [0.2, 0.25) is 0 Å². The van der Waals surface area contributed by atoms with E-state index in [1.54, 1.807) is 0 Å². The minimum absolute atomic E-state index is 0.391. The van der Waals surface area contributed by atoms with Gasteiger partial charge in [0.05, 0.1) is 6.07 Å². The molecule has 0 saturated heterocycles. The summed E-state index contributed by atoms with van der Waals surface area (Å²) in [6.45, 7) is 12.9. The molecule has 0 aliphatic heterocycles. The molecule has 1 fully saturated rings. The molecule has 1 N–H and O–H groups in total. The van der Waals surface area contributed by atoms with Gasteiger partial charge in [0.15, 0.2) is 0 Å². The van der Waals surface area contributed by atoms with Crippen molar-refractivity contribution in [1.29, 1.82) is 5.26 Å². The molecular weight excluding hydrogens is 222 g/mol. The van der Waals surface area contributed by atoms with Crippen molar-refractivity contribution in [2.75, 3.05) is 13.1 Å². The summed E-state index contributed by atoms with van der Waals surface area (Å²) in [5.41, 5.74) is -0.391. The average Bonchev–Trinajstić information content (AvgIpc) is 3.09. The predicted octanol–water partition coefficient (Wildman–Crippen LogP) is 2.78. The molecule has 0 aromatic rings. The van der Waals surface area contributed by atoms with Crippen molar-refractivity contribution in [3.63, 3.8) is 0 Å². The van der Waals surface area contributed by atoms with Crippen LogP contribution in [0.1, 0.15) is 53.9 Å². The zero-order valence-electron chi connectivity index (χ0n) is 12.7. The number of nitrogens with one attached hydrogen (secondary N) is 1. The zero-order valence-corrected chi connectivity index (χ0v) is 12.7. The molecule has 0 spiro atoms. The molecule has 0 radical (unpaired) electrons. The van der Waals surface area contributed by atoms with Gasteiger partial charge in [0.2, 0.25) is 0 Å². The minimum atomic E-state index is -0.391. The summed E-state index contributed by atoms with van der Waals surface area (Å²) in [7, 11) is 0. The van der Waals surface area contributed by atoms with Crippen molar-refractivity contribution < 1.29 is 0 Å². The highest BCUT2D eigenvalue weighted by Gasteiger charge is 2.35. The SMILES string of the molecule is CCNC(C)(C#N)CC(C)N(CC(C)C)C1CC1. The fourth-order valence-corrected chi connectivity index (χ4v) is 2.77. The lowest BCUT2D eigenvalue weighted by Gasteiger charge is -2.35. The van der Waals surface area contributed by atoms with Crippen LogP contribution in [-0.4, -0.2) is 35.6 Å². The van der Waals surface area contributed by atoms with E-state index in [1.807, 2.05) is 6.92 Å². The molecule has 0 amide bonds. The van der Waals surface area contributed by atoms with E-state index in [0.29, 0.717) is 12.0 Å². The van der Waals surface area contributed by atoms with Crippen LogP contribution in [0.3, 0.4) is 0 Å². The standard InChI is InChI=1S/C15H29N3/c1-6-17-15(5,11-16)9-13(4)18(10-12(2)3)14-7-8-14/h12-14,17H,6-10H2,1-5H3. The second-order valence-electron chi connectivity index (χ2n) is 6.35. The van der Waals surface area contributed by atoms with Crippen molar-refractivity contribution in [3.05, 3.63) is 0 Å². The first kappa shape index (κ1) is 15.5. The number of nitrogens with zero attached hydrogens (tertiary/aromatic N) is 2. The Hall–Kier alpha value is -0.590. The van der Waals surface area contributed by atoms with E-state index in [4.69, 9.17) is 0 Å². The van der Waals surface area contributed by atoms with E-state index in [-0.39, 0.29) is 0 Å². The molecule has 2 unspecified atom stereocenters. The van der Waals surface area contributed by atoms with Crippen LogP contribution < -0.4 is 5.32 Å². The van der Waals surface area contributed by atoms with E-state index in [0.717, 1.165) is 25.6 Å². The van der Waals surface area contributed by atoms with Gasteiger partial charge in [0.1, 0.15) is 5.54 Å². The van der Waals surface area contributed by atoms with Crippen molar-refractivity contribution >= 4 is 0 Å². The van der Waals surface area contributed by atoms with Gasteiger partial charge in [0, 0.05) is 18.6 Å². The first-order chi connectivity index (χ1) is 8.41. The Morgan fingerprint density at radius 2 is 2.00 bits per heavy atom. The molecule has 0 aromatic heterocycles. The third-order valence-electron chi connectivity index (χ3n) is 3.68. The van der Waals surface area contributed by atoms with Crippen molar-refractivity contribution in [2.24, 2.45) is 5.92 Å². The van der Waals surface area contributed by atoms with Gasteiger partial charge in [-0.15, -0.1) is 0 Å². The zero-order chi connectivity index (χ0) is 13.8. The lowest BCUT2D eigenvalue weighted by Crippen LogP contribution is -2.48. The molecule has 2 atom stereocenters. The highest BCUT2D eigenvalue weighted by atomic mass is 15.2. The van der Waals surface area contributed by atoms with Gasteiger partial charge in [-0.2, -0.15) is 5.26 Å². The Bertz CT molecular complexity index is 291. The van der Waals surface area contributed by atoms with Crippen molar-refractivity contribution in [1.82, 2.24) is 10.2 Å². The molecule has 1 aliphatic carbocycles. The molecule has 3 heteroatoms. The maximum absolute atomic E-state index is 9.35. The third-order valence-corrected chi connectivity index (χ3v) is 3.68. The number of rotatable bonds is 8.